The van der Waals surface area contributed by atoms with Gasteiger partial charge in [-0.05, 0) is 56.8 Å². The molecule has 0 aromatic heterocycles. The summed E-state index contributed by atoms with van der Waals surface area (Å²) in [5, 5.41) is 3.87. The Kier molecular flexibility index (Phi) is 5.09. The number of aryl methyl sites for hydroxylation is 2. The van der Waals surface area contributed by atoms with Gasteiger partial charge in [0.15, 0.2) is 0 Å². The summed E-state index contributed by atoms with van der Waals surface area (Å²) in [6.45, 7) is 7.78. The van der Waals surface area contributed by atoms with Crippen LogP contribution in [0.4, 0.5) is 0 Å². The summed E-state index contributed by atoms with van der Waals surface area (Å²) < 4.78 is 5.73. The summed E-state index contributed by atoms with van der Waals surface area (Å²) in [7, 11) is 1.80. The van der Waals surface area contributed by atoms with Gasteiger partial charge in [-0.15, -0.1) is 0 Å². The van der Waals surface area contributed by atoms with Crippen molar-refractivity contribution < 1.29 is 4.74 Å². The summed E-state index contributed by atoms with van der Waals surface area (Å²) in [6.07, 6.45) is 7.55. The van der Waals surface area contributed by atoms with Crippen LogP contribution >= 0.6 is 0 Å². The van der Waals surface area contributed by atoms with E-state index in [4.69, 9.17) is 4.74 Å². The Hall–Kier alpha value is -1.02. The number of methoxy groups -OCH3 is 1. The number of nitrogens with one attached hydrogen (secondary N) is 1. The third-order valence-corrected chi connectivity index (χ3v) is 4.56. The second-order valence-electron chi connectivity index (χ2n) is 6.23. The molecule has 1 saturated heterocycles. The summed E-state index contributed by atoms with van der Waals surface area (Å²) in [4.78, 5) is 0. The second-order valence-corrected chi connectivity index (χ2v) is 6.23. The van der Waals surface area contributed by atoms with Crippen molar-refractivity contribution in [3.63, 3.8) is 0 Å². The predicted molar refractivity (Wildman–Crippen MR) is 85.5 cm³/mol. The molecular weight excluding hydrogens is 246 g/mol. The molecule has 1 aromatic rings. The maximum absolute atomic E-state index is 5.73. The van der Waals surface area contributed by atoms with Crippen molar-refractivity contribution in [2.24, 2.45) is 0 Å². The summed E-state index contributed by atoms with van der Waals surface area (Å²) in [6, 6.07) is 4.48. The topological polar surface area (TPSA) is 21.3 Å². The molecule has 1 unspecified atom stereocenters. The molecular formula is C18H29NO. The summed E-state index contributed by atoms with van der Waals surface area (Å²) in [5.74, 6) is 1.06. The minimum Gasteiger partial charge on any atom is -0.496 e. The summed E-state index contributed by atoms with van der Waals surface area (Å²) in [5.41, 5.74) is 4.15. The number of benzene rings is 1. The first-order chi connectivity index (χ1) is 9.63. The van der Waals surface area contributed by atoms with Crippen LogP contribution in [0.25, 0.3) is 0 Å². The van der Waals surface area contributed by atoms with E-state index >= 15 is 0 Å². The van der Waals surface area contributed by atoms with E-state index in [0.717, 1.165) is 12.3 Å². The molecule has 1 heterocycles. The van der Waals surface area contributed by atoms with E-state index in [0.29, 0.717) is 0 Å². The quantitative estimate of drug-likeness (QED) is 0.875. The average Bonchev–Trinajstić information content (AvgIpc) is 2.64. The van der Waals surface area contributed by atoms with Gasteiger partial charge < -0.3 is 10.1 Å². The van der Waals surface area contributed by atoms with Crippen LogP contribution in [0, 0.1) is 13.8 Å². The lowest BCUT2D eigenvalue weighted by atomic mass is 9.78. The van der Waals surface area contributed by atoms with Crippen molar-refractivity contribution in [1.29, 1.82) is 0 Å². The van der Waals surface area contributed by atoms with Gasteiger partial charge in [-0.3, -0.25) is 0 Å². The third-order valence-electron chi connectivity index (χ3n) is 4.56. The highest BCUT2D eigenvalue weighted by Gasteiger charge is 2.35. The fourth-order valence-corrected chi connectivity index (χ4v) is 3.83. The van der Waals surface area contributed by atoms with Gasteiger partial charge in [0.25, 0.3) is 0 Å². The first kappa shape index (κ1) is 15.4. The van der Waals surface area contributed by atoms with Crippen molar-refractivity contribution in [3.8, 4) is 5.75 Å². The van der Waals surface area contributed by atoms with Crippen molar-refractivity contribution in [2.45, 2.75) is 64.8 Å². The zero-order valence-corrected chi connectivity index (χ0v) is 13.5. The smallest absolute Gasteiger partial charge is 0.124 e. The van der Waals surface area contributed by atoms with Crippen LogP contribution in [0.1, 0.15) is 62.1 Å². The third kappa shape index (κ3) is 3.01. The van der Waals surface area contributed by atoms with Crippen molar-refractivity contribution in [1.82, 2.24) is 5.32 Å². The molecule has 0 aliphatic carbocycles. The molecule has 1 aliphatic rings. The molecule has 2 heteroatoms. The second kappa shape index (κ2) is 6.62. The zero-order valence-electron chi connectivity index (χ0n) is 13.5. The van der Waals surface area contributed by atoms with Crippen LogP contribution < -0.4 is 10.1 Å². The molecule has 112 valence electrons. The van der Waals surface area contributed by atoms with Gasteiger partial charge in [0.05, 0.1) is 7.11 Å². The lowest BCUT2D eigenvalue weighted by Crippen LogP contribution is -2.42. The molecule has 0 radical (unpaired) electrons. The Bertz CT molecular complexity index is 445. The maximum atomic E-state index is 5.73. The van der Waals surface area contributed by atoms with Gasteiger partial charge >= 0.3 is 0 Å². The highest BCUT2D eigenvalue weighted by atomic mass is 16.5. The minimum atomic E-state index is 0.106. The number of hydrogen-bond acceptors (Lipinski definition) is 2. The van der Waals surface area contributed by atoms with Crippen molar-refractivity contribution in [3.05, 3.63) is 28.8 Å². The van der Waals surface area contributed by atoms with E-state index in [1.807, 2.05) is 0 Å². The van der Waals surface area contributed by atoms with Crippen LogP contribution in [0.3, 0.4) is 0 Å². The zero-order chi connectivity index (χ0) is 14.6. The molecule has 0 bridgehead atoms. The Balaban J connectivity index is 2.52. The molecule has 2 rings (SSSR count). The van der Waals surface area contributed by atoms with Crippen molar-refractivity contribution >= 4 is 0 Å². The van der Waals surface area contributed by atoms with E-state index in [2.05, 4.69) is 38.2 Å². The van der Waals surface area contributed by atoms with Crippen LogP contribution in [0.15, 0.2) is 12.1 Å². The fourth-order valence-electron chi connectivity index (χ4n) is 3.83. The average molecular weight is 275 g/mol. The van der Waals surface area contributed by atoms with E-state index in [-0.39, 0.29) is 5.54 Å². The molecule has 0 spiro atoms. The molecule has 0 amide bonds. The van der Waals surface area contributed by atoms with E-state index in [1.54, 1.807) is 7.11 Å². The first-order valence-electron chi connectivity index (χ1n) is 8.03. The number of ether oxygens (including phenoxy) is 1. The van der Waals surface area contributed by atoms with Gasteiger partial charge in [-0.2, -0.15) is 0 Å². The Morgan fingerprint density at radius 1 is 1.20 bits per heavy atom. The standard InChI is InChI=1S/C18H29NO/c1-5-9-18(10-7-6-8-11-19-18)17-15(3)12-14(2)13-16(17)20-4/h12-13,19H,5-11H2,1-4H3. The Labute approximate surface area is 123 Å². The van der Waals surface area contributed by atoms with Gasteiger partial charge in [-0.25, -0.2) is 0 Å². The van der Waals surface area contributed by atoms with Gasteiger partial charge in [-0.1, -0.05) is 32.3 Å². The van der Waals surface area contributed by atoms with E-state index < -0.39 is 0 Å². The molecule has 0 saturated carbocycles. The van der Waals surface area contributed by atoms with E-state index in [1.165, 1.54) is 55.2 Å². The largest absolute Gasteiger partial charge is 0.496 e. The molecule has 1 aromatic carbocycles. The monoisotopic (exact) mass is 275 g/mol. The van der Waals surface area contributed by atoms with E-state index in [9.17, 15) is 0 Å². The van der Waals surface area contributed by atoms with Crippen LogP contribution in [0.2, 0.25) is 0 Å². The minimum absolute atomic E-state index is 0.106. The maximum Gasteiger partial charge on any atom is 0.124 e. The Morgan fingerprint density at radius 2 is 2.00 bits per heavy atom. The predicted octanol–water partition coefficient (Wildman–Crippen LogP) is 4.47. The van der Waals surface area contributed by atoms with Gasteiger partial charge in [0, 0.05) is 11.1 Å². The van der Waals surface area contributed by atoms with Crippen LogP contribution in [-0.4, -0.2) is 13.7 Å². The normalized spacial score (nSPS) is 23.4. The number of rotatable bonds is 4. The molecule has 1 aliphatic heterocycles. The van der Waals surface area contributed by atoms with Crippen LogP contribution in [0.5, 0.6) is 5.75 Å². The number of hydrogen-bond donors (Lipinski definition) is 1. The van der Waals surface area contributed by atoms with Gasteiger partial charge in [0.1, 0.15) is 5.75 Å². The lowest BCUT2D eigenvalue weighted by molar-refractivity contribution is 0.281. The van der Waals surface area contributed by atoms with Crippen LogP contribution in [-0.2, 0) is 5.54 Å². The fraction of sp³-hybridized carbons (Fsp3) is 0.667. The first-order valence-corrected chi connectivity index (χ1v) is 8.03. The molecule has 1 N–H and O–H groups in total. The van der Waals surface area contributed by atoms with Gasteiger partial charge in [0.2, 0.25) is 0 Å². The SMILES string of the molecule is CCCC1(c2c(C)cc(C)cc2OC)CCCCCN1. The molecule has 1 fully saturated rings. The van der Waals surface area contributed by atoms with Crippen molar-refractivity contribution in [2.75, 3.05) is 13.7 Å². The highest BCUT2D eigenvalue weighted by Crippen LogP contribution is 2.41. The molecule has 20 heavy (non-hydrogen) atoms. The summed E-state index contributed by atoms with van der Waals surface area (Å²) >= 11 is 0. The highest BCUT2D eigenvalue weighted by molar-refractivity contribution is 5.47. The molecule has 1 atom stereocenters. The lowest BCUT2D eigenvalue weighted by Gasteiger charge is -2.37. The molecule has 2 nitrogen and oxygen atoms in total. The Morgan fingerprint density at radius 3 is 2.70 bits per heavy atom.